The molecule has 6 heteroatoms. The molecule has 1 amide bonds. The smallest absolute Gasteiger partial charge is 0.413 e. The highest BCUT2D eigenvalue weighted by Gasteiger charge is 2.11. The molecule has 0 unspecified atom stereocenters. The van der Waals surface area contributed by atoms with Crippen LogP contribution in [0.3, 0.4) is 0 Å². The van der Waals surface area contributed by atoms with Gasteiger partial charge in [-0.15, -0.1) is 0 Å². The first kappa shape index (κ1) is 15.9. The Morgan fingerprint density at radius 1 is 1.25 bits per heavy atom. The van der Waals surface area contributed by atoms with Gasteiger partial charge in [0.25, 0.3) is 0 Å². The lowest BCUT2D eigenvalue weighted by Gasteiger charge is -2.17. The van der Waals surface area contributed by atoms with Crippen molar-refractivity contribution in [2.45, 2.75) is 13.5 Å². The number of ether oxygens (including phenoxy) is 1. The maximum absolute atomic E-state index is 11.7. The van der Waals surface area contributed by atoms with Crippen molar-refractivity contribution in [2.75, 3.05) is 23.9 Å². The van der Waals surface area contributed by atoms with E-state index in [1.54, 1.807) is 14.0 Å². The summed E-state index contributed by atoms with van der Waals surface area (Å²) in [5.74, 6) is 0. The molecule has 0 aliphatic rings. The van der Waals surface area contributed by atoms with Crippen LogP contribution in [0.2, 0.25) is 0 Å². The summed E-state index contributed by atoms with van der Waals surface area (Å²) < 4.78 is 4.99. The van der Waals surface area contributed by atoms with Crippen molar-refractivity contribution in [1.82, 2.24) is 10.2 Å². The lowest BCUT2D eigenvalue weighted by atomic mass is 10.1. The summed E-state index contributed by atoms with van der Waals surface area (Å²) in [7, 11) is 1.69. The van der Waals surface area contributed by atoms with Crippen LogP contribution in [-0.4, -0.2) is 29.9 Å². The Labute approximate surface area is 140 Å². The molecule has 2 aromatic carbocycles. The van der Waals surface area contributed by atoms with Crippen molar-refractivity contribution in [3.05, 3.63) is 54.2 Å². The van der Waals surface area contributed by atoms with Gasteiger partial charge in [0.2, 0.25) is 0 Å². The fourth-order valence-electron chi connectivity index (χ4n) is 2.50. The third-order valence-electron chi connectivity index (χ3n) is 3.84. The van der Waals surface area contributed by atoms with E-state index in [1.165, 1.54) is 4.90 Å². The molecule has 0 saturated heterocycles. The predicted molar refractivity (Wildman–Crippen MR) is 95.3 cm³/mol. The van der Waals surface area contributed by atoms with E-state index >= 15 is 0 Å². The highest BCUT2D eigenvalue weighted by molar-refractivity contribution is 5.87. The Balaban J connectivity index is 1.66. The van der Waals surface area contributed by atoms with Gasteiger partial charge >= 0.3 is 6.09 Å². The molecule has 6 nitrogen and oxygen atoms in total. The number of H-pyrrole nitrogens is 1. The first-order valence-electron chi connectivity index (χ1n) is 7.84. The van der Waals surface area contributed by atoms with E-state index < -0.39 is 0 Å². The van der Waals surface area contributed by atoms with Gasteiger partial charge in [-0.3, -0.25) is 10.00 Å². The number of para-hydroxylation sites is 1. The molecular formula is C18H20N4O2. The number of carbonyl (C=O) groups is 1. The van der Waals surface area contributed by atoms with Crippen LogP contribution in [0.15, 0.2) is 48.7 Å². The summed E-state index contributed by atoms with van der Waals surface area (Å²) in [6.45, 7) is 2.84. The molecule has 0 aliphatic heterocycles. The molecule has 3 aromatic rings. The molecule has 124 valence electrons. The molecule has 0 aliphatic carbocycles. The SMILES string of the molecule is CCOC(=O)N(C)c1ccc(NCc2cccc3cn[nH]c23)cc1. The van der Waals surface area contributed by atoms with Gasteiger partial charge in [-0.2, -0.15) is 5.10 Å². The normalized spacial score (nSPS) is 10.6. The zero-order valence-electron chi connectivity index (χ0n) is 13.7. The number of hydrogen-bond acceptors (Lipinski definition) is 4. The molecule has 0 atom stereocenters. The molecular weight excluding hydrogens is 304 g/mol. The minimum absolute atomic E-state index is 0.357. The zero-order chi connectivity index (χ0) is 16.9. The van der Waals surface area contributed by atoms with Gasteiger partial charge in [0, 0.05) is 30.4 Å². The predicted octanol–water partition coefficient (Wildman–Crippen LogP) is 3.77. The van der Waals surface area contributed by atoms with Crippen LogP contribution in [0.4, 0.5) is 16.2 Å². The summed E-state index contributed by atoms with van der Waals surface area (Å²) >= 11 is 0. The lowest BCUT2D eigenvalue weighted by molar-refractivity contribution is 0.161. The zero-order valence-corrected chi connectivity index (χ0v) is 13.7. The van der Waals surface area contributed by atoms with Crippen LogP contribution in [0.1, 0.15) is 12.5 Å². The minimum Gasteiger partial charge on any atom is -0.449 e. The van der Waals surface area contributed by atoms with E-state index in [0.29, 0.717) is 13.2 Å². The highest BCUT2D eigenvalue weighted by atomic mass is 16.6. The quantitative estimate of drug-likeness (QED) is 0.749. The molecule has 0 fully saturated rings. The van der Waals surface area contributed by atoms with E-state index in [-0.39, 0.29) is 6.09 Å². The second-order valence-electron chi connectivity index (χ2n) is 5.41. The van der Waals surface area contributed by atoms with Crippen molar-refractivity contribution in [1.29, 1.82) is 0 Å². The Morgan fingerprint density at radius 3 is 2.79 bits per heavy atom. The third-order valence-corrected chi connectivity index (χ3v) is 3.84. The summed E-state index contributed by atoms with van der Waals surface area (Å²) in [6, 6.07) is 13.8. The van der Waals surface area contributed by atoms with Crippen molar-refractivity contribution < 1.29 is 9.53 Å². The fraction of sp³-hybridized carbons (Fsp3) is 0.222. The fourth-order valence-corrected chi connectivity index (χ4v) is 2.50. The maximum Gasteiger partial charge on any atom is 0.413 e. The monoisotopic (exact) mass is 324 g/mol. The van der Waals surface area contributed by atoms with Gasteiger partial charge in [0.1, 0.15) is 0 Å². The lowest BCUT2D eigenvalue weighted by Crippen LogP contribution is -2.26. The largest absolute Gasteiger partial charge is 0.449 e. The second-order valence-corrected chi connectivity index (χ2v) is 5.41. The number of rotatable bonds is 5. The first-order chi connectivity index (χ1) is 11.7. The number of carbonyl (C=O) groups excluding carboxylic acids is 1. The Hall–Kier alpha value is -3.02. The molecule has 2 N–H and O–H groups in total. The number of nitrogens with zero attached hydrogens (tertiary/aromatic N) is 2. The van der Waals surface area contributed by atoms with E-state index in [4.69, 9.17) is 4.74 Å². The van der Waals surface area contributed by atoms with E-state index in [0.717, 1.165) is 27.8 Å². The summed E-state index contributed by atoms with van der Waals surface area (Å²) in [5, 5.41) is 11.6. The van der Waals surface area contributed by atoms with Gasteiger partial charge in [0.15, 0.2) is 0 Å². The van der Waals surface area contributed by atoms with E-state index in [9.17, 15) is 4.79 Å². The number of nitrogens with one attached hydrogen (secondary N) is 2. The average molecular weight is 324 g/mol. The van der Waals surface area contributed by atoms with Gasteiger partial charge < -0.3 is 10.1 Å². The van der Waals surface area contributed by atoms with Crippen LogP contribution < -0.4 is 10.2 Å². The topological polar surface area (TPSA) is 70.2 Å². The number of hydrogen-bond donors (Lipinski definition) is 2. The second kappa shape index (κ2) is 7.04. The van der Waals surface area contributed by atoms with E-state index in [1.807, 2.05) is 42.6 Å². The average Bonchev–Trinajstić information content (AvgIpc) is 3.09. The molecule has 0 bridgehead atoms. The number of aromatic amines is 1. The van der Waals surface area contributed by atoms with E-state index in [2.05, 4.69) is 21.6 Å². The summed E-state index contributed by atoms with van der Waals surface area (Å²) in [5.41, 5.74) is 3.96. The molecule has 0 saturated carbocycles. The van der Waals surface area contributed by atoms with Gasteiger partial charge in [-0.1, -0.05) is 18.2 Å². The van der Waals surface area contributed by atoms with Crippen LogP contribution >= 0.6 is 0 Å². The van der Waals surface area contributed by atoms with Crippen molar-refractivity contribution in [3.63, 3.8) is 0 Å². The molecule has 24 heavy (non-hydrogen) atoms. The Morgan fingerprint density at radius 2 is 2.04 bits per heavy atom. The maximum atomic E-state index is 11.7. The van der Waals surface area contributed by atoms with Crippen LogP contribution in [0.5, 0.6) is 0 Å². The van der Waals surface area contributed by atoms with Crippen LogP contribution in [0, 0.1) is 0 Å². The Kier molecular flexibility index (Phi) is 4.65. The van der Waals surface area contributed by atoms with Gasteiger partial charge in [-0.25, -0.2) is 4.79 Å². The van der Waals surface area contributed by atoms with Crippen LogP contribution in [-0.2, 0) is 11.3 Å². The number of amides is 1. The van der Waals surface area contributed by atoms with Crippen molar-refractivity contribution in [2.24, 2.45) is 0 Å². The Bertz CT molecular complexity index is 826. The summed E-state index contributed by atoms with van der Waals surface area (Å²) in [6.07, 6.45) is 1.46. The first-order valence-corrected chi connectivity index (χ1v) is 7.84. The van der Waals surface area contributed by atoms with Crippen molar-refractivity contribution >= 4 is 28.4 Å². The number of aromatic nitrogens is 2. The standard InChI is InChI=1S/C18H20N4O2/c1-3-24-18(23)22(2)16-9-7-15(8-10-16)19-11-13-5-4-6-14-12-20-21-17(13)14/h4-10,12,19H,3,11H2,1-2H3,(H,20,21). The third kappa shape index (κ3) is 3.32. The van der Waals surface area contributed by atoms with Crippen LogP contribution in [0.25, 0.3) is 10.9 Å². The minimum atomic E-state index is -0.357. The molecule has 3 rings (SSSR count). The summed E-state index contributed by atoms with van der Waals surface area (Å²) in [4.78, 5) is 13.2. The number of benzene rings is 2. The molecule has 0 spiro atoms. The van der Waals surface area contributed by atoms with Gasteiger partial charge in [0.05, 0.1) is 18.3 Å². The highest BCUT2D eigenvalue weighted by Crippen LogP contribution is 2.20. The molecule has 0 radical (unpaired) electrons. The molecule has 1 aromatic heterocycles. The number of fused-ring (bicyclic) bond motifs is 1. The van der Waals surface area contributed by atoms with Gasteiger partial charge in [-0.05, 0) is 36.8 Å². The van der Waals surface area contributed by atoms with Crippen molar-refractivity contribution in [3.8, 4) is 0 Å². The number of anilines is 2. The molecule has 1 heterocycles.